The van der Waals surface area contributed by atoms with E-state index >= 15 is 0 Å². The lowest BCUT2D eigenvalue weighted by molar-refractivity contribution is 0.480. The molecule has 0 spiro atoms. The van der Waals surface area contributed by atoms with Gasteiger partial charge >= 0.3 is 0 Å². The summed E-state index contributed by atoms with van der Waals surface area (Å²) in [6, 6.07) is 5.01. The SMILES string of the molecule is C[C@@]1(c2ccc(F)c(Br)c2)CCSC(N)=N1.Cl. The third kappa shape index (κ3) is 3.14. The van der Waals surface area contributed by atoms with Gasteiger partial charge in [-0.05, 0) is 47.0 Å². The van der Waals surface area contributed by atoms with Crippen LogP contribution in [0.5, 0.6) is 0 Å². The number of halogens is 3. The average Bonchev–Trinajstić information content (AvgIpc) is 2.21. The minimum Gasteiger partial charge on any atom is -0.379 e. The summed E-state index contributed by atoms with van der Waals surface area (Å²) in [5, 5.41) is 0.606. The van der Waals surface area contributed by atoms with E-state index in [9.17, 15) is 4.39 Å². The molecule has 2 rings (SSSR count). The normalized spacial score (nSPS) is 23.8. The van der Waals surface area contributed by atoms with Gasteiger partial charge in [-0.3, -0.25) is 4.99 Å². The number of hydrogen-bond donors (Lipinski definition) is 1. The van der Waals surface area contributed by atoms with Crippen molar-refractivity contribution < 1.29 is 4.39 Å². The second-order valence-corrected chi connectivity index (χ2v) is 5.92. The van der Waals surface area contributed by atoms with Crippen LogP contribution in [0.4, 0.5) is 4.39 Å². The first-order valence-corrected chi connectivity index (χ1v) is 6.73. The maximum Gasteiger partial charge on any atom is 0.154 e. The molecule has 1 aliphatic rings. The third-order valence-electron chi connectivity index (χ3n) is 2.74. The third-order valence-corrected chi connectivity index (χ3v) is 4.14. The van der Waals surface area contributed by atoms with Crippen LogP contribution in [-0.4, -0.2) is 10.9 Å². The van der Waals surface area contributed by atoms with E-state index in [1.807, 2.05) is 6.92 Å². The fourth-order valence-corrected chi connectivity index (χ4v) is 3.08. The van der Waals surface area contributed by atoms with Gasteiger partial charge in [0.15, 0.2) is 5.17 Å². The summed E-state index contributed by atoms with van der Waals surface area (Å²) in [4.78, 5) is 4.47. The zero-order valence-electron chi connectivity index (χ0n) is 9.24. The maximum absolute atomic E-state index is 13.2. The zero-order chi connectivity index (χ0) is 11.8. The van der Waals surface area contributed by atoms with Crippen LogP contribution in [0.25, 0.3) is 0 Å². The molecular formula is C11H13BrClFN2S. The molecule has 0 fully saturated rings. The van der Waals surface area contributed by atoms with Crippen LogP contribution in [0.2, 0.25) is 0 Å². The van der Waals surface area contributed by atoms with Crippen LogP contribution in [0.15, 0.2) is 27.7 Å². The molecule has 6 heteroatoms. The molecule has 0 saturated carbocycles. The average molecular weight is 340 g/mol. The number of thioether (sulfide) groups is 1. The molecule has 1 aromatic rings. The van der Waals surface area contributed by atoms with E-state index in [0.29, 0.717) is 9.64 Å². The standard InChI is InChI=1S/C11H12BrFN2S.ClH/c1-11(4-5-16-10(14)15-11)7-2-3-9(13)8(12)6-7;/h2-3,6H,4-5H2,1H3,(H2,14,15);1H/t11-;/m0./s1. The first kappa shape index (κ1) is 14.8. The number of hydrogen-bond acceptors (Lipinski definition) is 3. The summed E-state index contributed by atoms with van der Waals surface area (Å²) in [7, 11) is 0. The zero-order valence-corrected chi connectivity index (χ0v) is 12.5. The molecule has 0 radical (unpaired) electrons. The van der Waals surface area contributed by atoms with Crippen molar-refractivity contribution in [1.29, 1.82) is 0 Å². The molecule has 0 bridgehead atoms. The Morgan fingerprint density at radius 3 is 2.82 bits per heavy atom. The molecule has 1 heterocycles. The van der Waals surface area contributed by atoms with E-state index in [1.165, 1.54) is 6.07 Å². The molecule has 94 valence electrons. The van der Waals surface area contributed by atoms with Crippen LogP contribution < -0.4 is 5.73 Å². The Hall–Kier alpha value is -0.260. The Balaban J connectivity index is 0.00000144. The molecule has 1 aromatic carbocycles. The van der Waals surface area contributed by atoms with Crippen molar-refractivity contribution in [2.45, 2.75) is 18.9 Å². The van der Waals surface area contributed by atoms with Gasteiger partial charge in [-0.1, -0.05) is 17.8 Å². The first-order chi connectivity index (χ1) is 7.51. The van der Waals surface area contributed by atoms with E-state index in [4.69, 9.17) is 5.73 Å². The van der Waals surface area contributed by atoms with Gasteiger partial charge in [0.25, 0.3) is 0 Å². The number of amidine groups is 1. The van der Waals surface area contributed by atoms with Crippen LogP contribution in [0.1, 0.15) is 18.9 Å². The van der Waals surface area contributed by atoms with Gasteiger partial charge in [0.05, 0.1) is 10.0 Å². The second kappa shape index (κ2) is 5.59. The Bertz CT molecular complexity index is 455. The summed E-state index contributed by atoms with van der Waals surface area (Å²) < 4.78 is 13.6. The quantitative estimate of drug-likeness (QED) is 0.847. The molecule has 2 nitrogen and oxygen atoms in total. The van der Waals surface area contributed by atoms with Crippen molar-refractivity contribution in [3.05, 3.63) is 34.1 Å². The van der Waals surface area contributed by atoms with Crippen molar-refractivity contribution in [2.75, 3.05) is 5.75 Å². The fraction of sp³-hybridized carbons (Fsp3) is 0.364. The lowest BCUT2D eigenvalue weighted by Gasteiger charge is -2.29. The van der Waals surface area contributed by atoms with Crippen molar-refractivity contribution in [3.8, 4) is 0 Å². The van der Waals surface area contributed by atoms with Crippen LogP contribution in [0.3, 0.4) is 0 Å². The van der Waals surface area contributed by atoms with E-state index in [2.05, 4.69) is 20.9 Å². The Kier molecular flexibility index (Phi) is 4.86. The number of rotatable bonds is 1. The van der Waals surface area contributed by atoms with Crippen molar-refractivity contribution in [2.24, 2.45) is 10.7 Å². The van der Waals surface area contributed by atoms with Gasteiger partial charge in [-0.2, -0.15) is 0 Å². The smallest absolute Gasteiger partial charge is 0.154 e. The molecule has 0 unspecified atom stereocenters. The summed E-state index contributed by atoms with van der Waals surface area (Å²) >= 11 is 4.76. The molecule has 17 heavy (non-hydrogen) atoms. The maximum atomic E-state index is 13.2. The van der Waals surface area contributed by atoms with Gasteiger partial charge in [0, 0.05) is 5.75 Å². The predicted octanol–water partition coefficient (Wildman–Crippen LogP) is 3.68. The van der Waals surface area contributed by atoms with E-state index in [-0.39, 0.29) is 23.8 Å². The molecule has 0 aliphatic carbocycles. The fourth-order valence-electron chi connectivity index (χ4n) is 1.73. The highest BCUT2D eigenvalue weighted by Crippen LogP contribution is 2.36. The van der Waals surface area contributed by atoms with Gasteiger partial charge in [-0.15, -0.1) is 12.4 Å². The van der Waals surface area contributed by atoms with Gasteiger partial charge < -0.3 is 5.73 Å². The summed E-state index contributed by atoms with van der Waals surface area (Å²) in [5.74, 6) is 0.690. The Labute approximate surface area is 119 Å². The van der Waals surface area contributed by atoms with Gasteiger partial charge in [0.2, 0.25) is 0 Å². The predicted molar refractivity (Wildman–Crippen MR) is 77.4 cm³/mol. The van der Waals surface area contributed by atoms with Crippen molar-refractivity contribution >= 4 is 45.3 Å². The molecule has 1 atom stereocenters. The molecule has 0 aromatic heterocycles. The molecule has 1 aliphatic heterocycles. The van der Waals surface area contributed by atoms with Crippen LogP contribution in [0, 0.1) is 5.82 Å². The monoisotopic (exact) mass is 338 g/mol. The highest BCUT2D eigenvalue weighted by molar-refractivity contribution is 9.10. The minimum atomic E-state index is -0.328. The topological polar surface area (TPSA) is 38.4 Å². The van der Waals surface area contributed by atoms with E-state index < -0.39 is 0 Å². The summed E-state index contributed by atoms with van der Waals surface area (Å²) in [5.41, 5.74) is 6.40. The summed E-state index contributed by atoms with van der Waals surface area (Å²) in [6.07, 6.45) is 0.913. The highest BCUT2D eigenvalue weighted by atomic mass is 79.9. The molecule has 0 amide bonds. The lowest BCUT2D eigenvalue weighted by Crippen LogP contribution is -2.28. The minimum absolute atomic E-state index is 0. The number of nitrogens with zero attached hydrogens (tertiary/aromatic N) is 1. The number of nitrogens with two attached hydrogens (primary N) is 1. The van der Waals surface area contributed by atoms with E-state index in [1.54, 1.807) is 23.9 Å². The lowest BCUT2D eigenvalue weighted by atomic mass is 9.90. The molecule has 0 saturated heterocycles. The van der Waals surface area contributed by atoms with Crippen LogP contribution in [-0.2, 0) is 5.54 Å². The van der Waals surface area contributed by atoms with E-state index in [0.717, 1.165) is 17.7 Å². The highest BCUT2D eigenvalue weighted by Gasteiger charge is 2.29. The molecular weight excluding hydrogens is 327 g/mol. The van der Waals surface area contributed by atoms with Gasteiger partial charge in [-0.25, -0.2) is 4.39 Å². The van der Waals surface area contributed by atoms with Crippen LogP contribution >= 0.6 is 40.1 Å². The number of aliphatic imine (C=N–C) groups is 1. The van der Waals surface area contributed by atoms with Gasteiger partial charge in [0.1, 0.15) is 5.82 Å². The van der Waals surface area contributed by atoms with Crippen molar-refractivity contribution in [1.82, 2.24) is 0 Å². The first-order valence-electron chi connectivity index (χ1n) is 4.95. The Morgan fingerprint density at radius 2 is 2.24 bits per heavy atom. The largest absolute Gasteiger partial charge is 0.379 e. The Morgan fingerprint density at radius 1 is 1.53 bits per heavy atom. The second-order valence-electron chi connectivity index (χ2n) is 3.95. The summed E-state index contributed by atoms with van der Waals surface area (Å²) in [6.45, 7) is 2.03. The van der Waals surface area contributed by atoms with Crippen molar-refractivity contribution in [3.63, 3.8) is 0 Å². The molecule has 2 N–H and O–H groups in total. The number of benzene rings is 1.